The Morgan fingerprint density at radius 3 is 2.69 bits per heavy atom. The maximum atomic E-state index is 12.1. The highest BCUT2D eigenvalue weighted by molar-refractivity contribution is 5.93. The SMILES string of the molecule is O=C(NCC1COc2ccccc2O1)c1ccc(OCC(F)(F)F)nc1. The summed E-state index contributed by atoms with van der Waals surface area (Å²) in [6, 6.07) is 9.75. The zero-order chi connectivity index (χ0) is 18.6. The molecule has 0 bridgehead atoms. The summed E-state index contributed by atoms with van der Waals surface area (Å²) in [5.74, 6) is 0.612. The summed E-state index contributed by atoms with van der Waals surface area (Å²) < 4.78 is 52.0. The highest BCUT2D eigenvalue weighted by atomic mass is 19.4. The minimum Gasteiger partial charge on any atom is -0.486 e. The smallest absolute Gasteiger partial charge is 0.422 e. The molecule has 2 heterocycles. The maximum Gasteiger partial charge on any atom is 0.422 e. The fourth-order valence-electron chi connectivity index (χ4n) is 2.23. The minimum absolute atomic E-state index is 0.196. The van der Waals surface area contributed by atoms with Crippen molar-refractivity contribution in [3.8, 4) is 17.4 Å². The van der Waals surface area contributed by atoms with Gasteiger partial charge in [0.2, 0.25) is 5.88 Å². The monoisotopic (exact) mass is 368 g/mol. The molecular formula is C17H15F3N2O4. The van der Waals surface area contributed by atoms with Crippen LogP contribution < -0.4 is 19.5 Å². The number of alkyl halides is 3. The lowest BCUT2D eigenvalue weighted by atomic mass is 10.2. The molecule has 0 aliphatic carbocycles. The topological polar surface area (TPSA) is 69.7 Å². The summed E-state index contributed by atoms with van der Waals surface area (Å²) in [6.07, 6.45) is -3.65. The molecule has 1 aromatic heterocycles. The molecular weight excluding hydrogens is 353 g/mol. The van der Waals surface area contributed by atoms with Crippen molar-refractivity contribution in [2.24, 2.45) is 0 Å². The van der Waals surface area contributed by atoms with Gasteiger partial charge >= 0.3 is 6.18 Å². The summed E-state index contributed by atoms with van der Waals surface area (Å²) in [7, 11) is 0. The normalized spacial score (nSPS) is 16.0. The molecule has 6 nitrogen and oxygen atoms in total. The first kappa shape index (κ1) is 17.8. The molecule has 0 fully saturated rings. The van der Waals surface area contributed by atoms with Gasteiger partial charge in [-0.2, -0.15) is 13.2 Å². The number of carbonyl (C=O) groups excluding carboxylic acids is 1. The second kappa shape index (κ2) is 7.51. The molecule has 3 rings (SSSR count). The van der Waals surface area contributed by atoms with Gasteiger partial charge in [0.15, 0.2) is 18.1 Å². The number of amides is 1. The lowest BCUT2D eigenvalue weighted by Crippen LogP contribution is -2.40. The Morgan fingerprint density at radius 1 is 1.23 bits per heavy atom. The van der Waals surface area contributed by atoms with Crippen LogP contribution in [-0.2, 0) is 0 Å². The van der Waals surface area contributed by atoms with Gasteiger partial charge in [-0.3, -0.25) is 4.79 Å². The van der Waals surface area contributed by atoms with E-state index in [0.717, 1.165) is 6.20 Å². The molecule has 9 heteroatoms. The molecule has 1 unspecified atom stereocenters. The number of nitrogens with one attached hydrogen (secondary N) is 1. The van der Waals surface area contributed by atoms with Crippen molar-refractivity contribution in [3.05, 3.63) is 48.2 Å². The molecule has 1 aromatic carbocycles. The molecule has 2 aromatic rings. The van der Waals surface area contributed by atoms with E-state index in [0.29, 0.717) is 18.1 Å². The predicted octanol–water partition coefficient (Wildman–Crippen LogP) is 2.59. The number of halogens is 3. The molecule has 1 aliphatic rings. The van der Waals surface area contributed by atoms with Crippen molar-refractivity contribution in [2.45, 2.75) is 12.3 Å². The lowest BCUT2D eigenvalue weighted by Gasteiger charge is -2.26. The Balaban J connectivity index is 1.49. The molecule has 0 saturated heterocycles. The van der Waals surface area contributed by atoms with E-state index in [9.17, 15) is 18.0 Å². The van der Waals surface area contributed by atoms with E-state index in [-0.39, 0.29) is 24.1 Å². The van der Waals surface area contributed by atoms with E-state index in [1.165, 1.54) is 12.1 Å². The van der Waals surface area contributed by atoms with Crippen molar-refractivity contribution in [1.29, 1.82) is 0 Å². The Morgan fingerprint density at radius 2 is 2.00 bits per heavy atom. The first-order valence-corrected chi connectivity index (χ1v) is 7.73. The average molecular weight is 368 g/mol. The van der Waals surface area contributed by atoms with E-state index in [1.54, 1.807) is 12.1 Å². The number of nitrogens with zero attached hydrogens (tertiary/aromatic N) is 1. The average Bonchev–Trinajstić information content (AvgIpc) is 2.64. The van der Waals surface area contributed by atoms with Crippen molar-refractivity contribution < 1.29 is 32.2 Å². The number of para-hydroxylation sites is 2. The molecule has 138 valence electrons. The van der Waals surface area contributed by atoms with Gasteiger partial charge in [-0.25, -0.2) is 4.98 Å². The van der Waals surface area contributed by atoms with Gasteiger partial charge < -0.3 is 19.5 Å². The third-order valence-corrected chi connectivity index (χ3v) is 3.44. The Bertz CT molecular complexity index is 765. The highest BCUT2D eigenvalue weighted by Gasteiger charge is 2.28. The molecule has 1 amide bonds. The standard InChI is InChI=1S/C17H15F3N2O4/c18-17(19,20)10-25-15-6-5-11(7-21-15)16(23)22-8-12-9-24-13-3-1-2-4-14(13)26-12/h1-7,12H,8-10H2,(H,22,23). The van der Waals surface area contributed by atoms with Crippen molar-refractivity contribution in [2.75, 3.05) is 19.8 Å². The lowest BCUT2D eigenvalue weighted by molar-refractivity contribution is -0.154. The zero-order valence-electron chi connectivity index (χ0n) is 13.5. The van der Waals surface area contributed by atoms with Crippen molar-refractivity contribution in [1.82, 2.24) is 10.3 Å². The van der Waals surface area contributed by atoms with Crippen LogP contribution >= 0.6 is 0 Å². The Labute approximate surface area is 146 Å². The second-order valence-corrected chi connectivity index (χ2v) is 5.50. The number of benzene rings is 1. The molecule has 0 saturated carbocycles. The first-order chi connectivity index (χ1) is 12.4. The number of pyridine rings is 1. The summed E-state index contributed by atoms with van der Waals surface area (Å²) >= 11 is 0. The fourth-order valence-corrected chi connectivity index (χ4v) is 2.23. The number of ether oxygens (including phenoxy) is 3. The van der Waals surface area contributed by atoms with Gasteiger partial charge in [0.1, 0.15) is 12.7 Å². The van der Waals surface area contributed by atoms with E-state index in [1.807, 2.05) is 12.1 Å². The van der Waals surface area contributed by atoms with Gasteiger partial charge in [-0.15, -0.1) is 0 Å². The van der Waals surface area contributed by atoms with Gasteiger partial charge in [-0.05, 0) is 18.2 Å². The van der Waals surface area contributed by atoms with Crippen LogP contribution in [0.2, 0.25) is 0 Å². The van der Waals surface area contributed by atoms with E-state index >= 15 is 0 Å². The maximum absolute atomic E-state index is 12.1. The van der Waals surface area contributed by atoms with Crippen LogP contribution in [0, 0.1) is 0 Å². The van der Waals surface area contributed by atoms with Gasteiger partial charge in [-0.1, -0.05) is 12.1 Å². The van der Waals surface area contributed by atoms with Crippen LogP contribution in [0.5, 0.6) is 17.4 Å². The summed E-state index contributed by atoms with van der Waals surface area (Å²) in [5, 5.41) is 2.67. The molecule has 1 atom stereocenters. The molecule has 1 N–H and O–H groups in total. The number of hydrogen-bond acceptors (Lipinski definition) is 5. The van der Waals surface area contributed by atoms with Crippen LogP contribution in [0.4, 0.5) is 13.2 Å². The van der Waals surface area contributed by atoms with Crippen LogP contribution in [0.3, 0.4) is 0 Å². The minimum atomic E-state index is -4.45. The van der Waals surface area contributed by atoms with E-state index in [4.69, 9.17) is 9.47 Å². The number of hydrogen-bond donors (Lipinski definition) is 1. The van der Waals surface area contributed by atoms with Crippen LogP contribution in [0.1, 0.15) is 10.4 Å². The molecule has 0 spiro atoms. The quantitative estimate of drug-likeness (QED) is 0.879. The van der Waals surface area contributed by atoms with Gasteiger partial charge in [0.25, 0.3) is 5.91 Å². The third-order valence-electron chi connectivity index (χ3n) is 3.44. The molecule has 1 aliphatic heterocycles. The van der Waals surface area contributed by atoms with Gasteiger partial charge in [0.05, 0.1) is 12.1 Å². The van der Waals surface area contributed by atoms with Crippen LogP contribution in [-0.4, -0.2) is 42.9 Å². The highest BCUT2D eigenvalue weighted by Crippen LogP contribution is 2.30. The second-order valence-electron chi connectivity index (χ2n) is 5.50. The zero-order valence-corrected chi connectivity index (χ0v) is 13.5. The number of carbonyl (C=O) groups is 1. The Hall–Kier alpha value is -2.97. The summed E-state index contributed by atoms with van der Waals surface area (Å²) in [4.78, 5) is 15.8. The third kappa shape index (κ3) is 4.78. The van der Waals surface area contributed by atoms with Crippen molar-refractivity contribution in [3.63, 3.8) is 0 Å². The van der Waals surface area contributed by atoms with E-state index in [2.05, 4.69) is 15.0 Å². The van der Waals surface area contributed by atoms with Crippen LogP contribution in [0.15, 0.2) is 42.6 Å². The molecule has 0 radical (unpaired) electrons. The molecule has 26 heavy (non-hydrogen) atoms. The Kier molecular flexibility index (Phi) is 5.15. The number of aromatic nitrogens is 1. The largest absolute Gasteiger partial charge is 0.486 e. The fraction of sp³-hybridized carbons (Fsp3) is 0.294. The number of fused-ring (bicyclic) bond motifs is 1. The van der Waals surface area contributed by atoms with Crippen LogP contribution in [0.25, 0.3) is 0 Å². The van der Waals surface area contributed by atoms with Gasteiger partial charge in [0, 0.05) is 12.3 Å². The number of rotatable bonds is 5. The van der Waals surface area contributed by atoms with Crippen molar-refractivity contribution >= 4 is 5.91 Å². The van der Waals surface area contributed by atoms with E-state index < -0.39 is 18.7 Å². The predicted molar refractivity (Wildman–Crippen MR) is 84.5 cm³/mol. The first-order valence-electron chi connectivity index (χ1n) is 7.73. The summed E-state index contributed by atoms with van der Waals surface area (Å²) in [6.45, 7) is -0.939. The summed E-state index contributed by atoms with van der Waals surface area (Å²) in [5.41, 5.74) is 0.196.